The van der Waals surface area contributed by atoms with E-state index in [1.54, 1.807) is 37.3 Å². The SMILES string of the molecule is CCCNC(=O)[C@H](C)N(Cc1c(Cl)cccc1Cl)C(=O)CN(c1ccccc1F)S(=O)(=O)c1ccc(C)cc1. The van der Waals surface area contributed by atoms with Gasteiger partial charge in [0.05, 0.1) is 10.6 Å². The van der Waals surface area contributed by atoms with E-state index in [4.69, 9.17) is 23.2 Å². The lowest BCUT2D eigenvalue weighted by Crippen LogP contribution is -2.51. The van der Waals surface area contributed by atoms with Gasteiger partial charge in [-0.25, -0.2) is 12.8 Å². The fourth-order valence-corrected chi connectivity index (χ4v) is 5.78. The van der Waals surface area contributed by atoms with Crippen LogP contribution >= 0.6 is 23.2 Å². The second-order valence-corrected chi connectivity index (χ2v) is 11.6. The lowest BCUT2D eigenvalue weighted by atomic mass is 10.1. The number of carbonyl (C=O) groups is 2. The topological polar surface area (TPSA) is 86.8 Å². The molecule has 7 nitrogen and oxygen atoms in total. The van der Waals surface area contributed by atoms with Crippen molar-refractivity contribution in [1.82, 2.24) is 10.2 Å². The summed E-state index contributed by atoms with van der Waals surface area (Å²) in [5, 5.41) is 3.30. The molecule has 2 amide bonds. The number of halogens is 3. The molecule has 208 valence electrons. The van der Waals surface area contributed by atoms with Gasteiger partial charge in [-0.2, -0.15) is 0 Å². The van der Waals surface area contributed by atoms with Crippen molar-refractivity contribution in [3.8, 4) is 0 Å². The molecule has 0 saturated heterocycles. The van der Waals surface area contributed by atoms with E-state index in [0.29, 0.717) is 22.8 Å². The highest BCUT2D eigenvalue weighted by Crippen LogP contribution is 2.29. The molecule has 0 spiro atoms. The van der Waals surface area contributed by atoms with Gasteiger partial charge >= 0.3 is 0 Å². The molecule has 11 heteroatoms. The van der Waals surface area contributed by atoms with Gasteiger partial charge in [-0.3, -0.25) is 13.9 Å². The Hall–Kier alpha value is -3.14. The number of sulfonamides is 1. The second-order valence-electron chi connectivity index (χ2n) is 8.96. The number of nitrogens with one attached hydrogen (secondary N) is 1. The molecule has 0 heterocycles. The van der Waals surface area contributed by atoms with Crippen LogP contribution < -0.4 is 9.62 Å². The molecule has 0 bridgehead atoms. The molecule has 0 radical (unpaired) electrons. The predicted molar refractivity (Wildman–Crippen MR) is 152 cm³/mol. The van der Waals surface area contributed by atoms with Crippen LogP contribution in [-0.2, 0) is 26.2 Å². The van der Waals surface area contributed by atoms with Gasteiger partial charge in [0.2, 0.25) is 11.8 Å². The van der Waals surface area contributed by atoms with Crippen molar-refractivity contribution in [2.75, 3.05) is 17.4 Å². The zero-order valence-electron chi connectivity index (χ0n) is 21.8. The van der Waals surface area contributed by atoms with Gasteiger partial charge in [0.25, 0.3) is 10.0 Å². The Morgan fingerprint density at radius 3 is 2.18 bits per heavy atom. The smallest absolute Gasteiger partial charge is 0.264 e. The summed E-state index contributed by atoms with van der Waals surface area (Å²) < 4.78 is 43.1. The maximum absolute atomic E-state index is 15.0. The van der Waals surface area contributed by atoms with Crippen LogP contribution in [0.25, 0.3) is 0 Å². The number of benzene rings is 3. The van der Waals surface area contributed by atoms with Gasteiger partial charge < -0.3 is 10.2 Å². The highest BCUT2D eigenvalue weighted by Gasteiger charge is 2.34. The molecule has 3 aromatic carbocycles. The number of hydrogen-bond acceptors (Lipinski definition) is 4. The molecule has 1 N–H and O–H groups in total. The standard InChI is InChI=1S/C28H30Cl2FN3O4S/c1-4-16-32-28(36)20(3)33(17-22-23(29)8-7-9-24(22)30)27(35)18-34(26-11-6-5-10-25(26)31)39(37,38)21-14-12-19(2)13-15-21/h5-15,20H,4,16-18H2,1-3H3,(H,32,36)/t20-/m0/s1. The maximum atomic E-state index is 15.0. The molecule has 0 aliphatic carbocycles. The molecule has 3 aromatic rings. The van der Waals surface area contributed by atoms with Gasteiger partial charge in [-0.1, -0.05) is 66.0 Å². The van der Waals surface area contributed by atoms with E-state index in [1.165, 1.54) is 42.2 Å². The molecule has 0 aliphatic rings. The zero-order chi connectivity index (χ0) is 28.7. The summed E-state index contributed by atoms with van der Waals surface area (Å²) in [6, 6.07) is 15.1. The number of hydrogen-bond donors (Lipinski definition) is 1. The molecule has 0 fully saturated rings. The second kappa shape index (κ2) is 13.3. The molecule has 0 saturated carbocycles. The summed E-state index contributed by atoms with van der Waals surface area (Å²) in [5.74, 6) is -2.01. The van der Waals surface area contributed by atoms with Gasteiger partial charge in [0.15, 0.2) is 0 Å². The summed E-state index contributed by atoms with van der Waals surface area (Å²) in [6.07, 6.45) is 0.679. The van der Waals surface area contributed by atoms with E-state index in [2.05, 4.69) is 5.32 Å². The summed E-state index contributed by atoms with van der Waals surface area (Å²) in [7, 11) is -4.38. The van der Waals surface area contributed by atoms with Crippen LogP contribution in [0.3, 0.4) is 0 Å². The Bertz CT molecular complexity index is 1410. The van der Waals surface area contributed by atoms with Crippen molar-refractivity contribution in [2.45, 2.75) is 44.7 Å². The van der Waals surface area contributed by atoms with Crippen LogP contribution in [0.2, 0.25) is 10.0 Å². The number of para-hydroxylation sites is 1. The van der Waals surface area contributed by atoms with Gasteiger partial charge in [0, 0.05) is 28.7 Å². The highest BCUT2D eigenvalue weighted by atomic mass is 35.5. The van der Waals surface area contributed by atoms with Crippen molar-refractivity contribution in [3.63, 3.8) is 0 Å². The average molecular weight is 595 g/mol. The lowest BCUT2D eigenvalue weighted by molar-refractivity contribution is -0.139. The van der Waals surface area contributed by atoms with Crippen LogP contribution in [0, 0.1) is 12.7 Å². The molecule has 0 aromatic heterocycles. The first kappa shape index (κ1) is 30.4. The van der Waals surface area contributed by atoms with Crippen LogP contribution in [0.5, 0.6) is 0 Å². The fourth-order valence-electron chi connectivity index (χ4n) is 3.84. The Morgan fingerprint density at radius 1 is 0.974 bits per heavy atom. The van der Waals surface area contributed by atoms with Crippen molar-refractivity contribution < 1.29 is 22.4 Å². The first-order valence-corrected chi connectivity index (χ1v) is 14.5. The Kier molecular flexibility index (Phi) is 10.4. The number of carbonyl (C=O) groups excluding carboxylic acids is 2. The third-order valence-electron chi connectivity index (χ3n) is 6.12. The predicted octanol–water partition coefficient (Wildman–Crippen LogP) is 5.58. The first-order chi connectivity index (χ1) is 18.5. The van der Waals surface area contributed by atoms with Crippen LogP contribution in [-0.4, -0.2) is 44.3 Å². The van der Waals surface area contributed by atoms with Gasteiger partial charge in [-0.05, 0) is 56.7 Å². The fraction of sp³-hybridized carbons (Fsp3) is 0.286. The minimum Gasteiger partial charge on any atom is -0.354 e. The van der Waals surface area contributed by atoms with E-state index in [1.807, 2.05) is 6.92 Å². The van der Waals surface area contributed by atoms with Gasteiger partial charge in [0.1, 0.15) is 18.4 Å². The number of amides is 2. The molecular formula is C28H30Cl2FN3O4S. The molecule has 39 heavy (non-hydrogen) atoms. The molecular weight excluding hydrogens is 564 g/mol. The average Bonchev–Trinajstić information content (AvgIpc) is 2.90. The highest BCUT2D eigenvalue weighted by molar-refractivity contribution is 7.92. The van der Waals surface area contributed by atoms with Crippen molar-refractivity contribution >= 4 is 50.7 Å². The largest absolute Gasteiger partial charge is 0.354 e. The normalized spacial score (nSPS) is 12.1. The number of rotatable bonds is 11. The van der Waals surface area contributed by atoms with Crippen LogP contribution in [0.4, 0.5) is 10.1 Å². The first-order valence-electron chi connectivity index (χ1n) is 12.3. The third kappa shape index (κ3) is 7.29. The minimum absolute atomic E-state index is 0.112. The zero-order valence-corrected chi connectivity index (χ0v) is 24.2. The molecule has 1 atom stereocenters. The third-order valence-corrected chi connectivity index (χ3v) is 8.60. The van der Waals surface area contributed by atoms with Crippen molar-refractivity contribution in [1.29, 1.82) is 0 Å². The van der Waals surface area contributed by atoms with Gasteiger partial charge in [-0.15, -0.1) is 0 Å². The summed E-state index contributed by atoms with van der Waals surface area (Å²) in [6.45, 7) is 4.66. The lowest BCUT2D eigenvalue weighted by Gasteiger charge is -2.32. The van der Waals surface area contributed by atoms with Crippen LogP contribution in [0.1, 0.15) is 31.4 Å². The summed E-state index contributed by atoms with van der Waals surface area (Å²) in [4.78, 5) is 27.8. The number of aryl methyl sites for hydroxylation is 1. The monoisotopic (exact) mass is 593 g/mol. The van der Waals surface area contributed by atoms with Crippen molar-refractivity contribution in [2.24, 2.45) is 0 Å². The Balaban J connectivity index is 2.07. The van der Waals surface area contributed by atoms with E-state index < -0.39 is 40.2 Å². The van der Waals surface area contributed by atoms with E-state index in [9.17, 15) is 22.4 Å². The van der Waals surface area contributed by atoms with Crippen molar-refractivity contribution in [3.05, 3.63) is 93.7 Å². The quantitative estimate of drug-likeness (QED) is 0.314. The van der Waals surface area contributed by atoms with E-state index in [-0.39, 0.29) is 27.2 Å². The molecule has 0 aliphatic heterocycles. The maximum Gasteiger partial charge on any atom is 0.264 e. The molecule has 3 rings (SSSR count). The number of anilines is 1. The van der Waals surface area contributed by atoms with E-state index >= 15 is 0 Å². The van der Waals surface area contributed by atoms with Crippen LogP contribution in [0.15, 0.2) is 71.6 Å². The summed E-state index contributed by atoms with van der Waals surface area (Å²) in [5.41, 5.74) is 0.922. The van der Waals surface area contributed by atoms with E-state index in [0.717, 1.165) is 11.6 Å². The Morgan fingerprint density at radius 2 is 1.59 bits per heavy atom. The summed E-state index contributed by atoms with van der Waals surface area (Å²) >= 11 is 12.7. The molecule has 0 unspecified atom stereocenters. The Labute approximate surface area is 238 Å². The minimum atomic E-state index is -4.38. The number of nitrogens with zero attached hydrogens (tertiary/aromatic N) is 2.